The van der Waals surface area contributed by atoms with Crippen LogP contribution in [0.4, 0.5) is 0 Å². The molecule has 128 valence electrons. The molecule has 1 aromatic carbocycles. The van der Waals surface area contributed by atoms with Crippen LogP contribution >= 0.6 is 0 Å². The van der Waals surface area contributed by atoms with Crippen molar-refractivity contribution in [3.05, 3.63) is 54.3 Å². The van der Waals surface area contributed by atoms with Gasteiger partial charge in [0.25, 0.3) is 5.91 Å². The Labute approximate surface area is 143 Å². The SMILES string of the molecule is CO[C@@H]1CN(C(=O)c2ccc(-c3cnco3)cc2)C[C@H]1c1cn[nH]n1. The van der Waals surface area contributed by atoms with Gasteiger partial charge in [-0.15, -0.1) is 0 Å². The van der Waals surface area contributed by atoms with E-state index in [1.165, 1.54) is 6.39 Å². The Kier molecular flexibility index (Phi) is 4.02. The quantitative estimate of drug-likeness (QED) is 0.777. The number of carbonyl (C=O) groups excluding carboxylic acids is 1. The summed E-state index contributed by atoms with van der Waals surface area (Å²) < 4.78 is 10.8. The molecule has 1 amide bonds. The summed E-state index contributed by atoms with van der Waals surface area (Å²) in [5.74, 6) is 0.657. The van der Waals surface area contributed by atoms with Gasteiger partial charge in [0.1, 0.15) is 0 Å². The Morgan fingerprint density at radius 2 is 2.12 bits per heavy atom. The zero-order valence-corrected chi connectivity index (χ0v) is 13.6. The summed E-state index contributed by atoms with van der Waals surface area (Å²) in [6.07, 6.45) is 4.61. The number of amides is 1. The molecule has 3 heterocycles. The third-order valence-corrected chi connectivity index (χ3v) is 4.52. The van der Waals surface area contributed by atoms with E-state index in [0.717, 1.165) is 11.3 Å². The number of nitrogens with zero attached hydrogens (tertiary/aromatic N) is 4. The van der Waals surface area contributed by atoms with Crippen LogP contribution < -0.4 is 0 Å². The van der Waals surface area contributed by atoms with Gasteiger partial charge in [-0.25, -0.2) is 4.98 Å². The first-order chi connectivity index (χ1) is 12.3. The van der Waals surface area contributed by atoms with Gasteiger partial charge in [0.2, 0.25) is 0 Å². The summed E-state index contributed by atoms with van der Waals surface area (Å²) in [4.78, 5) is 18.5. The van der Waals surface area contributed by atoms with Crippen LogP contribution in [0.5, 0.6) is 0 Å². The number of aromatic nitrogens is 4. The highest BCUT2D eigenvalue weighted by atomic mass is 16.5. The van der Waals surface area contributed by atoms with Crippen molar-refractivity contribution in [2.45, 2.75) is 12.0 Å². The van der Waals surface area contributed by atoms with Crippen molar-refractivity contribution in [2.75, 3.05) is 20.2 Å². The Morgan fingerprint density at radius 3 is 2.76 bits per heavy atom. The highest BCUT2D eigenvalue weighted by Gasteiger charge is 2.38. The molecular formula is C17H17N5O3. The molecule has 4 rings (SSSR count). The molecule has 1 aliphatic heterocycles. The minimum Gasteiger partial charge on any atom is -0.444 e. The lowest BCUT2D eigenvalue weighted by Crippen LogP contribution is -2.29. The first-order valence-electron chi connectivity index (χ1n) is 7.93. The fraction of sp³-hybridized carbons (Fsp3) is 0.294. The minimum absolute atomic E-state index is 0.0150. The molecule has 8 heteroatoms. The predicted molar refractivity (Wildman–Crippen MR) is 87.8 cm³/mol. The summed E-state index contributed by atoms with van der Waals surface area (Å²) in [7, 11) is 1.65. The van der Waals surface area contributed by atoms with Crippen molar-refractivity contribution in [2.24, 2.45) is 0 Å². The van der Waals surface area contributed by atoms with Crippen molar-refractivity contribution in [3.63, 3.8) is 0 Å². The fourth-order valence-corrected chi connectivity index (χ4v) is 3.17. The normalized spacial score (nSPS) is 20.1. The highest BCUT2D eigenvalue weighted by molar-refractivity contribution is 5.95. The lowest BCUT2D eigenvalue weighted by atomic mass is 10.0. The van der Waals surface area contributed by atoms with E-state index in [2.05, 4.69) is 20.4 Å². The van der Waals surface area contributed by atoms with Gasteiger partial charge in [0, 0.05) is 31.3 Å². The van der Waals surface area contributed by atoms with Crippen LogP contribution in [0.1, 0.15) is 22.0 Å². The third kappa shape index (κ3) is 2.91. The van der Waals surface area contributed by atoms with Gasteiger partial charge in [-0.3, -0.25) is 4.79 Å². The molecule has 8 nitrogen and oxygen atoms in total. The molecule has 0 bridgehead atoms. The van der Waals surface area contributed by atoms with Crippen molar-refractivity contribution in [3.8, 4) is 11.3 Å². The number of ether oxygens (including phenoxy) is 1. The van der Waals surface area contributed by atoms with Gasteiger partial charge < -0.3 is 14.1 Å². The van der Waals surface area contributed by atoms with E-state index in [1.807, 2.05) is 12.1 Å². The molecule has 1 aliphatic rings. The number of methoxy groups -OCH3 is 1. The van der Waals surface area contributed by atoms with Crippen LogP contribution in [0.15, 0.2) is 47.5 Å². The first-order valence-corrected chi connectivity index (χ1v) is 7.93. The van der Waals surface area contributed by atoms with E-state index >= 15 is 0 Å². The lowest BCUT2D eigenvalue weighted by molar-refractivity contribution is 0.0714. The molecule has 1 saturated heterocycles. The molecule has 1 N–H and O–H groups in total. The molecule has 2 aromatic heterocycles. The Morgan fingerprint density at radius 1 is 1.28 bits per heavy atom. The van der Waals surface area contributed by atoms with Crippen molar-refractivity contribution >= 4 is 5.91 Å². The topological polar surface area (TPSA) is 97.1 Å². The number of aromatic amines is 1. The summed E-state index contributed by atoms with van der Waals surface area (Å²) in [6, 6.07) is 7.30. The van der Waals surface area contributed by atoms with Crippen molar-refractivity contribution in [1.29, 1.82) is 0 Å². The maximum atomic E-state index is 12.8. The van der Waals surface area contributed by atoms with E-state index in [-0.39, 0.29) is 17.9 Å². The Balaban J connectivity index is 1.51. The van der Waals surface area contributed by atoms with E-state index in [9.17, 15) is 4.79 Å². The van der Waals surface area contributed by atoms with E-state index in [4.69, 9.17) is 9.15 Å². The van der Waals surface area contributed by atoms with Crippen LogP contribution in [0.3, 0.4) is 0 Å². The number of rotatable bonds is 4. The molecular weight excluding hydrogens is 322 g/mol. The van der Waals surface area contributed by atoms with Gasteiger partial charge in [-0.05, 0) is 12.1 Å². The van der Waals surface area contributed by atoms with Crippen molar-refractivity contribution < 1.29 is 13.9 Å². The summed E-state index contributed by atoms with van der Waals surface area (Å²) in [6.45, 7) is 1.07. The lowest BCUT2D eigenvalue weighted by Gasteiger charge is -2.16. The zero-order valence-electron chi connectivity index (χ0n) is 13.6. The average Bonchev–Trinajstić information content (AvgIpc) is 3.42. The third-order valence-electron chi connectivity index (χ3n) is 4.52. The molecule has 3 aromatic rings. The number of benzene rings is 1. The number of oxazole rings is 1. The summed E-state index contributed by atoms with van der Waals surface area (Å²) in [5.41, 5.74) is 2.31. The van der Waals surface area contributed by atoms with Gasteiger partial charge in [0.15, 0.2) is 12.2 Å². The smallest absolute Gasteiger partial charge is 0.253 e. The second-order valence-electron chi connectivity index (χ2n) is 5.93. The maximum Gasteiger partial charge on any atom is 0.253 e. The zero-order chi connectivity index (χ0) is 17.2. The number of nitrogens with one attached hydrogen (secondary N) is 1. The molecule has 0 saturated carbocycles. The average molecular weight is 339 g/mol. The van der Waals surface area contributed by atoms with Crippen molar-refractivity contribution in [1.82, 2.24) is 25.3 Å². The largest absolute Gasteiger partial charge is 0.444 e. The Bertz CT molecular complexity index is 830. The molecule has 0 radical (unpaired) electrons. The maximum absolute atomic E-state index is 12.8. The van der Waals surface area contributed by atoms with Gasteiger partial charge in [-0.2, -0.15) is 15.4 Å². The van der Waals surface area contributed by atoms with E-state index in [1.54, 1.807) is 36.5 Å². The van der Waals surface area contributed by atoms with Crippen LogP contribution in [-0.4, -0.2) is 57.5 Å². The minimum atomic E-state index is -0.0949. The van der Waals surface area contributed by atoms with Crippen LogP contribution in [0, 0.1) is 0 Å². The second kappa shape index (κ2) is 6.48. The fourth-order valence-electron chi connectivity index (χ4n) is 3.17. The first kappa shape index (κ1) is 15.5. The standard InChI is InChI=1S/C17H17N5O3/c1-24-16-9-22(8-13(16)14-6-19-21-20-14)17(23)12-4-2-11(3-5-12)15-7-18-10-25-15/h2-7,10,13,16H,8-9H2,1H3,(H,19,20,21)/t13-,16+/m0/s1. The monoisotopic (exact) mass is 339 g/mol. The highest BCUT2D eigenvalue weighted by Crippen LogP contribution is 2.29. The number of hydrogen-bond acceptors (Lipinski definition) is 6. The van der Waals surface area contributed by atoms with Gasteiger partial charge in [-0.1, -0.05) is 12.1 Å². The van der Waals surface area contributed by atoms with Crippen LogP contribution in [0.2, 0.25) is 0 Å². The molecule has 25 heavy (non-hydrogen) atoms. The Hall–Kier alpha value is -3.00. The number of likely N-dealkylation sites (tertiary alicyclic amines) is 1. The predicted octanol–water partition coefficient (Wildman–Crippen LogP) is 1.71. The van der Waals surface area contributed by atoms with Crippen LogP contribution in [-0.2, 0) is 4.74 Å². The number of carbonyl (C=O) groups is 1. The molecule has 0 aliphatic carbocycles. The summed E-state index contributed by atoms with van der Waals surface area (Å²) >= 11 is 0. The molecule has 2 atom stereocenters. The second-order valence-corrected chi connectivity index (χ2v) is 5.93. The molecule has 0 unspecified atom stereocenters. The van der Waals surface area contributed by atoms with Gasteiger partial charge in [0.05, 0.1) is 30.1 Å². The molecule has 0 spiro atoms. The number of hydrogen-bond donors (Lipinski definition) is 1. The van der Waals surface area contributed by atoms with E-state index < -0.39 is 0 Å². The van der Waals surface area contributed by atoms with Gasteiger partial charge >= 0.3 is 0 Å². The molecule has 1 fully saturated rings. The van der Waals surface area contributed by atoms with Crippen LogP contribution in [0.25, 0.3) is 11.3 Å². The number of H-pyrrole nitrogens is 1. The van der Waals surface area contributed by atoms with E-state index in [0.29, 0.717) is 24.4 Å². The summed E-state index contributed by atoms with van der Waals surface area (Å²) in [5, 5.41) is 10.6.